The number of ether oxygens (including phenoxy) is 2. The molecule has 1 atom stereocenters. The van der Waals surface area contributed by atoms with E-state index >= 15 is 0 Å². The average Bonchev–Trinajstić information content (AvgIpc) is 3.24. The summed E-state index contributed by atoms with van der Waals surface area (Å²) in [6.45, 7) is 0.763. The number of benzene rings is 2. The molecule has 1 saturated heterocycles. The summed E-state index contributed by atoms with van der Waals surface area (Å²) < 4.78 is 10.8. The van der Waals surface area contributed by atoms with E-state index in [1.54, 1.807) is 36.3 Å². The lowest BCUT2D eigenvalue weighted by atomic mass is 9.81. The first-order valence-corrected chi connectivity index (χ1v) is 9.06. The van der Waals surface area contributed by atoms with Crippen molar-refractivity contribution in [2.75, 3.05) is 32.1 Å². The van der Waals surface area contributed by atoms with Crippen LogP contribution in [0.3, 0.4) is 0 Å². The van der Waals surface area contributed by atoms with E-state index < -0.39 is 5.41 Å². The van der Waals surface area contributed by atoms with Gasteiger partial charge >= 0.3 is 0 Å². The van der Waals surface area contributed by atoms with Crippen molar-refractivity contribution in [2.45, 2.75) is 11.8 Å². The number of likely N-dealkylation sites (tertiary alicyclic amines) is 1. The van der Waals surface area contributed by atoms with E-state index in [2.05, 4.69) is 5.32 Å². The van der Waals surface area contributed by atoms with Gasteiger partial charge in [0.25, 0.3) is 5.91 Å². The summed E-state index contributed by atoms with van der Waals surface area (Å²) in [7, 11) is 1.59. The van der Waals surface area contributed by atoms with E-state index in [1.165, 1.54) is 0 Å². The van der Waals surface area contributed by atoms with Crippen LogP contribution in [0.2, 0.25) is 5.02 Å². The number of anilines is 1. The fourth-order valence-corrected chi connectivity index (χ4v) is 3.84. The summed E-state index contributed by atoms with van der Waals surface area (Å²) in [4.78, 5) is 27.0. The number of halogens is 1. The lowest BCUT2D eigenvalue weighted by molar-refractivity contribution is -0.132. The standard InChI is InChI=1S/C20H19ClN2O4/c1-26-15-6-7-17-16(10-15)20(19(25)22-17)8-9-23(12-20)18(24)11-27-14-4-2-13(21)3-5-14/h2-7,10H,8-9,11-12H2,1H3,(H,22,25)/t20-/m1/s1. The second kappa shape index (κ2) is 6.78. The fourth-order valence-electron chi connectivity index (χ4n) is 3.71. The quantitative estimate of drug-likeness (QED) is 0.877. The number of nitrogens with one attached hydrogen (secondary N) is 1. The third-order valence-electron chi connectivity index (χ3n) is 5.22. The van der Waals surface area contributed by atoms with E-state index in [0.717, 1.165) is 11.3 Å². The van der Waals surface area contributed by atoms with Gasteiger partial charge in [-0.1, -0.05) is 11.6 Å². The summed E-state index contributed by atoms with van der Waals surface area (Å²) in [6, 6.07) is 12.4. The second-order valence-electron chi connectivity index (χ2n) is 6.76. The van der Waals surface area contributed by atoms with Gasteiger partial charge in [-0.3, -0.25) is 9.59 Å². The van der Waals surface area contributed by atoms with Crippen LogP contribution in [-0.4, -0.2) is 43.5 Å². The second-order valence-corrected chi connectivity index (χ2v) is 7.19. The van der Waals surface area contributed by atoms with Gasteiger partial charge in [-0.2, -0.15) is 0 Å². The molecular formula is C20H19ClN2O4. The van der Waals surface area contributed by atoms with Crippen molar-refractivity contribution in [3.8, 4) is 11.5 Å². The number of carbonyl (C=O) groups excluding carboxylic acids is 2. The van der Waals surface area contributed by atoms with Gasteiger partial charge in [0.1, 0.15) is 11.5 Å². The van der Waals surface area contributed by atoms with E-state index in [9.17, 15) is 9.59 Å². The Morgan fingerprint density at radius 3 is 2.70 bits per heavy atom. The molecule has 4 rings (SSSR count). The summed E-state index contributed by atoms with van der Waals surface area (Å²) in [5.74, 6) is 1.06. The molecule has 140 valence electrons. The maximum absolute atomic E-state index is 12.7. The van der Waals surface area contributed by atoms with Crippen molar-refractivity contribution in [1.82, 2.24) is 4.90 Å². The molecule has 2 heterocycles. The molecule has 2 aromatic rings. The van der Waals surface area contributed by atoms with Crippen LogP contribution in [0.25, 0.3) is 0 Å². The van der Waals surface area contributed by atoms with Crippen LogP contribution in [0.1, 0.15) is 12.0 Å². The summed E-state index contributed by atoms with van der Waals surface area (Å²) in [5.41, 5.74) is 0.952. The Hall–Kier alpha value is -2.73. The minimum atomic E-state index is -0.722. The highest BCUT2D eigenvalue weighted by Gasteiger charge is 2.52. The molecule has 1 N–H and O–H groups in total. The molecule has 0 saturated carbocycles. The summed E-state index contributed by atoms with van der Waals surface area (Å²) in [6.07, 6.45) is 0.575. The molecule has 0 aliphatic carbocycles. The van der Waals surface area contributed by atoms with Gasteiger partial charge < -0.3 is 19.7 Å². The number of carbonyl (C=O) groups is 2. The van der Waals surface area contributed by atoms with Crippen molar-refractivity contribution in [3.63, 3.8) is 0 Å². The summed E-state index contributed by atoms with van der Waals surface area (Å²) >= 11 is 5.85. The third-order valence-corrected chi connectivity index (χ3v) is 5.48. The van der Waals surface area contributed by atoms with Gasteiger partial charge in [-0.15, -0.1) is 0 Å². The van der Waals surface area contributed by atoms with Crippen LogP contribution in [-0.2, 0) is 15.0 Å². The fraction of sp³-hybridized carbons (Fsp3) is 0.300. The Kier molecular flexibility index (Phi) is 4.44. The van der Waals surface area contributed by atoms with Crippen molar-refractivity contribution in [3.05, 3.63) is 53.1 Å². The minimum absolute atomic E-state index is 0.0697. The number of amides is 2. The number of rotatable bonds is 4. The van der Waals surface area contributed by atoms with Crippen molar-refractivity contribution in [1.29, 1.82) is 0 Å². The maximum Gasteiger partial charge on any atom is 0.260 e. The van der Waals surface area contributed by atoms with Gasteiger partial charge in [0.2, 0.25) is 5.91 Å². The lowest BCUT2D eigenvalue weighted by Gasteiger charge is -2.23. The topological polar surface area (TPSA) is 67.9 Å². The van der Waals surface area contributed by atoms with Gasteiger partial charge in [0.15, 0.2) is 6.61 Å². The third kappa shape index (κ3) is 3.10. The highest BCUT2D eigenvalue weighted by Crippen LogP contribution is 2.45. The number of hydrogen-bond acceptors (Lipinski definition) is 4. The molecule has 0 unspecified atom stereocenters. The zero-order valence-electron chi connectivity index (χ0n) is 14.8. The zero-order chi connectivity index (χ0) is 19.0. The SMILES string of the molecule is COc1ccc2c(c1)[C@]1(CCN(C(=O)COc3ccc(Cl)cc3)C1)C(=O)N2. The molecule has 1 fully saturated rings. The first kappa shape index (κ1) is 17.7. The monoisotopic (exact) mass is 386 g/mol. The minimum Gasteiger partial charge on any atom is -0.497 e. The van der Waals surface area contributed by atoms with Crippen molar-refractivity contribution < 1.29 is 19.1 Å². The van der Waals surface area contributed by atoms with Crippen LogP contribution in [0.15, 0.2) is 42.5 Å². The zero-order valence-corrected chi connectivity index (χ0v) is 15.6. The lowest BCUT2D eigenvalue weighted by Crippen LogP contribution is -2.40. The van der Waals surface area contributed by atoms with Gasteiger partial charge in [0.05, 0.1) is 12.5 Å². The molecule has 7 heteroatoms. The Morgan fingerprint density at radius 1 is 1.22 bits per heavy atom. The highest BCUT2D eigenvalue weighted by molar-refractivity contribution is 6.30. The van der Waals surface area contributed by atoms with Crippen LogP contribution < -0.4 is 14.8 Å². The normalized spacial score (nSPS) is 20.5. The molecule has 0 bridgehead atoms. The largest absolute Gasteiger partial charge is 0.497 e. The van der Waals surface area contributed by atoms with E-state index in [-0.39, 0.29) is 18.4 Å². The van der Waals surface area contributed by atoms with E-state index in [1.807, 2.05) is 18.2 Å². The van der Waals surface area contributed by atoms with Crippen molar-refractivity contribution >= 4 is 29.1 Å². The molecule has 0 radical (unpaired) electrons. The Morgan fingerprint density at radius 2 is 1.96 bits per heavy atom. The molecule has 0 aromatic heterocycles. The number of hydrogen-bond donors (Lipinski definition) is 1. The predicted octanol–water partition coefficient (Wildman–Crippen LogP) is 2.85. The first-order chi connectivity index (χ1) is 13.0. The Labute approximate surface area is 162 Å². The Bertz CT molecular complexity index is 899. The van der Waals surface area contributed by atoms with Crippen LogP contribution >= 0.6 is 11.6 Å². The molecule has 2 amide bonds. The Balaban J connectivity index is 1.47. The van der Waals surface area contributed by atoms with Gasteiger partial charge in [0, 0.05) is 23.8 Å². The molecule has 1 spiro atoms. The average molecular weight is 387 g/mol. The molecular weight excluding hydrogens is 368 g/mol. The predicted molar refractivity (Wildman–Crippen MR) is 101 cm³/mol. The van der Waals surface area contributed by atoms with Crippen LogP contribution in [0, 0.1) is 0 Å². The molecule has 2 aliphatic rings. The van der Waals surface area contributed by atoms with Gasteiger partial charge in [-0.25, -0.2) is 0 Å². The van der Waals surface area contributed by atoms with Crippen LogP contribution in [0.4, 0.5) is 5.69 Å². The highest BCUT2D eigenvalue weighted by atomic mass is 35.5. The van der Waals surface area contributed by atoms with Crippen molar-refractivity contribution in [2.24, 2.45) is 0 Å². The maximum atomic E-state index is 12.7. The molecule has 6 nitrogen and oxygen atoms in total. The summed E-state index contributed by atoms with van der Waals surface area (Å²) in [5, 5.41) is 3.54. The molecule has 27 heavy (non-hydrogen) atoms. The number of nitrogens with zero attached hydrogens (tertiary/aromatic N) is 1. The van der Waals surface area contributed by atoms with E-state index in [0.29, 0.717) is 36.0 Å². The van der Waals surface area contributed by atoms with E-state index in [4.69, 9.17) is 21.1 Å². The van der Waals surface area contributed by atoms with Gasteiger partial charge in [-0.05, 0) is 54.4 Å². The smallest absolute Gasteiger partial charge is 0.260 e. The first-order valence-electron chi connectivity index (χ1n) is 8.68. The number of fused-ring (bicyclic) bond motifs is 2. The molecule has 2 aliphatic heterocycles. The molecule has 2 aromatic carbocycles. The van der Waals surface area contributed by atoms with Crippen LogP contribution in [0.5, 0.6) is 11.5 Å². The number of methoxy groups -OCH3 is 1.